The number of ether oxygens (including phenoxy) is 1. The first-order valence-corrected chi connectivity index (χ1v) is 11.2. The number of nitrogens with one attached hydrogen (secondary N) is 2. The van der Waals surface area contributed by atoms with E-state index in [1.807, 2.05) is 24.3 Å². The third-order valence-electron chi connectivity index (χ3n) is 6.49. The normalized spacial score (nSPS) is 25.8. The number of carbonyl (C=O) groups is 3. The van der Waals surface area contributed by atoms with Gasteiger partial charge in [0.05, 0.1) is 12.0 Å². The molecule has 3 amide bonds. The van der Waals surface area contributed by atoms with E-state index in [1.165, 1.54) is 5.57 Å². The number of amides is 3. The van der Waals surface area contributed by atoms with E-state index in [0.717, 1.165) is 24.8 Å². The Kier molecular flexibility index (Phi) is 7.06. The topological polar surface area (TPSA) is 111 Å². The molecule has 9 nitrogen and oxygen atoms in total. The molecule has 0 aromatic heterocycles. The molecule has 0 saturated carbocycles. The van der Waals surface area contributed by atoms with Crippen LogP contribution < -0.4 is 10.8 Å². The molecule has 3 aliphatic rings. The summed E-state index contributed by atoms with van der Waals surface area (Å²) in [6.07, 6.45) is 3.93. The number of hydrogen-bond acceptors (Lipinski definition) is 6. The van der Waals surface area contributed by atoms with E-state index >= 15 is 0 Å². The minimum Gasteiger partial charge on any atom is -0.445 e. The van der Waals surface area contributed by atoms with E-state index in [1.54, 1.807) is 15.3 Å². The molecule has 3 atom stereocenters. The molecule has 1 aromatic rings. The van der Waals surface area contributed by atoms with Gasteiger partial charge in [-0.25, -0.2) is 10.3 Å². The van der Waals surface area contributed by atoms with Crippen molar-refractivity contribution in [2.75, 3.05) is 32.7 Å². The molecule has 32 heavy (non-hydrogen) atoms. The lowest BCUT2D eigenvalue weighted by molar-refractivity contribution is -0.145. The number of hydrogen-bond donors (Lipinski definition) is 3. The second kappa shape index (κ2) is 10.1. The van der Waals surface area contributed by atoms with Crippen molar-refractivity contribution in [3.8, 4) is 0 Å². The number of hydroxylamine groups is 1. The summed E-state index contributed by atoms with van der Waals surface area (Å²) < 4.78 is 5.57. The van der Waals surface area contributed by atoms with E-state index in [0.29, 0.717) is 26.2 Å². The zero-order valence-corrected chi connectivity index (χ0v) is 18.0. The van der Waals surface area contributed by atoms with Gasteiger partial charge >= 0.3 is 6.09 Å². The summed E-state index contributed by atoms with van der Waals surface area (Å²) in [5.41, 5.74) is 4.02. The number of rotatable bonds is 4. The van der Waals surface area contributed by atoms with Gasteiger partial charge in [-0.2, -0.15) is 0 Å². The van der Waals surface area contributed by atoms with Crippen molar-refractivity contribution in [1.82, 2.24) is 20.6 Å². The number of nitrogens with zero attached hydrogens (tertiary/aromatic N) is 2. The van der Waals surface area contributed by atoms with Crippen molar-refractivity contribution in [2.24, 2.45) is 5.92 Å². The van der Waals surface area contributed by atoms with Crippen molar-refractivity contribution in [1.29, 1.82) is 0 Å². The molecule has 4 rings (SSSR count). The minimum absolute atomic E-state index is 0.175. The van der Waals surface area contributed by atoms with Crippen LogP contribution in [0, 0.1) is 5.92 Å². The lowest BCUT2D eigenvalue weighted by Gasteiger charge is -2.38. The fraction of sp³-hybridized carbons (Fsp3) is 0.522. The van der Waals surface area contributed by atoms with Gasteiger partial charge in [0.1, 0.15) is 6.10 Å². The lowest BCUT2D eigenvalue weighted by atomic mass is 9.87. The lowest BCUT2D eigenvalue weighted by Crippen LogP contribution is -2.60. The molecule has 0 aliphatic carbocycles. The fourth-order valence-electron chi connectivity index (χ4n) is 4.69. The summed E-state index contributed by atoms with van der Waals surface area (Å²) in [5.74, 6) is -1.68. The summed E-state index contributed by atoms with van der Waals surface area (Å²) >= 11 is 0. The minimum atomic E-state index is -0.836. The zero-order chi connectivity index (χ0) is 22.5. The standard InChI is InChI=1S/C23H30N4O5/c28-21(25-31)19-14-18(32-23(30)27-10-4-5-11-27)15-24-20(19)22(29)26-12-8-17(9-13-26)16-6-2-1-3-7-16/h1-3,6-8,18-20,24,31H,4-5,9-15H2,(H,25,28). The third-order valence-corrected chi connectivity index (χ3v) is 6.49. The molecule has 9 heteroatoms. The molecule has 2 fully saturated rings. The van der Waals surface area contributed by atoms with Gasteiger partial charge in [0.25, 0.3) is 0 Å². The van der Waals surface area contributed by atoms with Crippen LogP contribution in [0.15, 0.2) is 36.4 Å². The van der Waals surface area contributed by atoms with Crippen LogP contribution in [0.2, 0.25) is 0 Å². The Morgan fingerprint density at radius 1 is 1.06 bits per heavy atom. The van der Waals surface area contributed by atoms with E-state index in [-0.39, 0.29) is 18.9 Å². The maximum Gasteiger partial charge on any atom is 0.410 e. The average molecular weight is 443 g/mol. The molecule has 3 N–H and O–H groups in total. The van der Waals surface area contributed by atoms with Gasteiger partial charge in [0, 0.05) is 32.7 Å². The first-order chi connectivity index (χ1) is 15.6. The molecule has 3 unspecified atom stereocenters. The van der Waals surface area contributed by atoms with Crippen LogP contribution in [-0.2, 0) is 14.3 Å². The molecular formula is C23H30N4O5. The fourth-order valence-corrected chi connectivity index (χ4v) is 4.69. The monoisotopic (exact) mass is 442 g/mol. The predicted molar refractivity (Wildman–Crippen MR) is 117 cm³/mol. The molecule has 0 radical (unpaired) electrons. The quantitative estimate of drug-likeness (QED) is 0.480. The van der Waals surface area contributed by atoms with Crippen molar-refractivity contribution in [2.45, 2.75) is 37.8 Å². The van der Waals surface area contributed by atoms with Crippen LogP contribution in [0.4, 0.5) is 4.79 Å². The van der Waals surface area contributed by atoms with Crippen LogP contribution in [0.1, 0.15) is 31.2 Å². The van der Waals surface area contributed by atoms with Crippen LogP contribution in [-0.4, -0.2) is 77.8 Å². The highest BCUT2D eigenvalue weighted by Gasteiger charge is 2.42. The highest BCUT2D eigenvalue weighted by Crippen LogP contribution is 2.26. The molecular weight excluding hydrogens is 412 g/mol. The van der Waals surface area contributed by atoms with Gasteiger partial charge < -0.3 is 19.9 Å². The molecule has 0 bridgehead atoms. The zero-order valence-electron chi connectivity index (χ0n) is 18.0. The average Bonchev–Trinajstić information content (AvgIpc) is 3.39. The number of likely N-dealkylation sites (tertiary alicyclic amines) is 1. The first kappa shape index (κ1) is 22.3. The van der Waals surface area contributed by atoms with Crippen molar-refractivity contribution < 1.29 is 24.3 Å². The highest BCUT2D eigenvalue weighted by molar-refractivity contribution is 5.90. The Labute approximate surface area is 187 Å². The second-order valence-corrected chi connectivity index (χ2v) is 8.53. The third kappa shape index (κ3) is 4.94. The summed E-state index contributed by atoms with van der Waals surface area (Å²) in [6, 6.07) is 9.28. The Morgan fingerprint density at radius 2 is 1.81 bits per heavy atom. The highest BCUT2D eigenvalue weighted by atomic mass is 16.6. The molecule has 1 aromatic carbocycles. The molecule has 0 spiro atoms. The Morgan fingerprint density at radius 3 is 2.47 bits per heavy atom. The van der Waals surface area contributed by atoms with E-state index in [9.17, 15) is 19.6 Å². The van der Waals surface area contributed by atoms with Crippen LogP contribution in [0.25, 0.3) is 5.57 Å². The van der Waals surface area contributed by atoms with Gasteiger partial charge in [-0.15, -0.1) is 0 Å². The van der Waals surface area contributed by atoms with Crippen molar-refractivity contribution >= 4 is 23.5 Å². The van der Waals surface area contributed by atoms with Crippen LogP contribution >= 0.6 is 0 Å². The number of carbonyl (C=O) groups excluding carboxylic acids is 3. The SMILES string of the molecule is O=C(NO)C1CC(OC(=O)N2CCCC2)CNC1C(=O)N1CC=C(c2ccccc2)CC1. The smallest absolute Gasteiger partial charge is 0.410 e. The first-order valence-electron chi connectivity index (χ1n) is 11.2. The van der Waals surface area contributed by atoms with Crippen LogP contribution in [0.5, 0.6) is 0 Å². The van der Waals surface area contributed by atoms with Crippen LogP contribution in [0.3, 0.4) is 0 Å². The summed E-state index contributed by atoms with van der Waals surface area (Å²) in [5, 5.41) is 12.3. The Hall–Kier alpha value is -2.91. The van der Waals surface area contributed by atoms with Gasteiger partial charge in [-0.3, -0.25) is 14.8 Å². The van der Waals surface area contributed by atoms with E-state index < -0.39 is 30.1 Å². The van der Waals surface area contributed by atoms with Gasteiger partial charge in [0.2, 0.25) is 11.8 Å². The van der Waals surface area contributed by atoms with Gasteiger partial charge in [0.15, 0.2) is 0 Å². The largest absolute Gasteiger partial charge is 0.445 e. The predicted octanol–water partition coefficient (Wildman–Crippen LogP) is 1.39. The molecule has 172 valence electrons. The van der Waals surface area contributed by atoms with Crippen molar-refractivity contribution in [3.63, 3.8) is 0 Å². The van der Waals surface area contributed by atoms with Gasteiger partial charge in [-0.1, -0.05) is 36.4 Å². The Bertz CT molecular complexity index is 868. The molecule has 3 aliphatic heterocycles. The summed E-state index contributed by atoms with van der Waals surface area (Å²) in [6.45, 7) is 2.65. The number of benzene rings is 1. The summed E-state index contributed by atoms with van der Waals surface area (Å²) in [7, 11) is 0. The van der Waals surface area contributed by atoms with E-state index in [2.05, 4.69) is 17.4 Å². The second-order valence-electron chi connectivity index (χ2n) is 8.53. The van der Waals surface area contributed by atoms with Crippen molar-refractivity contribution in [3.05, 3.63) is 42.0 Å². The molecule has 2 saturated heterocycles. The maximum absolute atomic E-state index is 13.2. The number of piperidine rings is 1. The Balaban J connectivity index is 1.38. The molecule has 3 heterocycles. The summed E-state index contributed by atoms with van der Waals surface area (Å²) in [4.78, 5) is 41.3. The van der Waals surface area contributed by atoms with Gasteiger partial charge in [-0.05, 0) is 36.8 Å². The van der Waals surface area contributed by atoms with E-state index in [4.69, 9.17) is 4.74 Å². The maximum atomic E-state index is 13.2.